The summed E-state index contributed by atoms with van der Waals surface area (Å²) in [5, 5.41) is 3.00. The predicted molar refractivity (Wildman–Crippen MR) is 76.0 cm³/mol. The molecule has 1 saturated carbocycles. The number of halogens is 1. The number of hydrogen-bond acceptors (Lipinski definition) is 2. The largest absolute Gasteiger partial charge is 0.351 e. The molecule has 92 valence electrons. The third-order valence-electron chi connectivity index (χ3n) is 2.94. The van der Waals surface area contributed by atoms with E-state index in [1.54, 1.807) is 11.8 Å². The second-order valence-electron chi connectivity index (χ2n) is 4.26. The van der Waals surface area contributed by atoms with Crippen LogP contribution in [0.15, 0.2) is 29.2 Å². The smallest absolute Gasteiger partial charge is 0.252 e. The van der Waals surface area contributed by atoms with Gasteiger partial charge < -0.3 is 5.32 Å². The minimum absolute atomic E-state index is 0.0278. The van der Waals surface area contributed by atoms with E-state index >= 15 is 0 Å². The van der Waals surface area contributed by atoms with Crippen molar-refractivity contribution in [2.75, 3.05) is 12.8 Å². The Hall–Kier alpha value is -0.480. The molecule has 1 amide bonds. The van der Waals surface area contributed by atoms with E-state index in [1.165, 1.54) is 12.8 Å². The van der Waals surface area contributed by atoms with Crippen molar-refractivity contribution >= 4 is 33.6 Å². The monoisotopic (exact) mass is 313 g/mol. The summed E-state index contributed by atoms with van der Waals surface area (Å²) in [5.41, 5.74) is 0.774. The maximum atomic E-state index is 12.0. The lowest BCUT2D eigenvalue weighted by molar-refractivity contribution is 0.0950. The van der Waals surface area contributed by atoms with Crippen LogP contribution in [0.25, 0.3) is 0 Å². The molecular weight excluding hydrogens is 298 g/mol. The van der Waals surface area contributed by atoms with Gasteiger partial charge in [0.25, 0.3) is 5.91 Å². The number of thioether (sulfide) groups is 1. The average molecular weight is 314 g/mol. The SMILES string of the molecule is CSc1ccccc1C(=O)NCC(Br)C1CC1. The van der Waals surface area contributed by atoms with E-state index in [2.05, 4.69) is 21.2 Å². The minimum Gasteiger partial charge on any atom is -0.351 e. The van der Waals surface area contributed by atoms with Crippen molar-refractivity contribution in [1.29, 1.82) is 0 Å². The van der Waals surface area contributed by atoms with Gasteiger partial charge in [-0.15, -0.1) is 11.8 Å². The van der Waals surface area contributed by atoms with Gasteiger partial charge in [0.2, 0.25) is 0 Å². The molecule has 1 aromatic carbocycles. The Morgan fingerprint density at radius 3 is 2.88 bits per heavy atom. The molecule has 17 heavy (non-hydrogen) atoms. The molecule has 0 aromatic heterocycles. The summed E-state index contributed by atoms with van der Waals surface area (Å²) >= 11 is 5.23. The molecule has 1 unspecified atom stereocenters. The molecule has 0 saturated heterocycles. The highest BCUT2D eigenvalue weighted by atomic mass is 79.9. The second kappa shape index (κ2) is 5.91. The summed E-state index contributed by atoms with van der Waals surface area (Å²) in [7, 11) is 0. The molecule has 0 bridgehead atoms. The van der Waals surface area contributed by atoms with Gasteiger partial charge in [-0.2, -0.15) is 0 Å². The molecular formula is C13H16BrNOS. The van der Waals surface area contributed by atoms with Crippen molar-refractivity contribution in [2.24, 2.45) is 5.92 Å². The highest BCUT2D eigenvalue weighted by Crippen LogP contribution is 2.36. The maximum Gasteiger partial charge on any atom is 0.252 e. The third kappa shape index (κ3) is 3.49. The molecule has 1 N–H and O–H groups in total. The topological polar surface area (TPSA) is 29.1 Å². The van der Waals surface area contributed by atoms with E-state index in [4.69, 9.17) is 0 Å². The third-order valence-corrected chi connectivity index (χ3v) is 4.81. The first-order valence-electron chi connectivity index (χ1n) is 5.77. The number of carbonyl (C=O) groups is 1. The van der Waals surface area contributed by atoms with Crippen LogP contribution in [0.4, 0.5) is 0 Å². The molecule has 1 aliphatic carbocycles. The van der Waals surface area contributed by atoms with Gasteiger partial charge in [0, 0.05) is 16.3 Å². The van der Waals surface area contributed by atoms with Crippen molar-refractivity contribution in [3.8, 4) is 0 Å². The van der Waals surface area contributed by atoms with Gasteiger partial charge in [-0.1, -0.05) is 28.1 Å². The highest BCUT2D eigenvalue weighted by Gasteiger charge is 2.29. The van der Waals surface area contributed by atoms with Gasteiger partial charge in [0.1, 0.15) is 0 Å². The van der Waals surface area contributed by atoms with Crippen LogP contribution in [0.3, 0.4) is 0 Å². The fraction of sp³-hybridized carbons (Fsp3) is 0.462. The van der Waals surface area contributed by atoms with Crippen LogP contribution in [0, 0.1) is 5.92 Å². The number of benzene rings is 1. The normalized spacial score (nSPS) is 16.6. The van der Waals surface area contributed by atoms with E-state index in [-0.39, 0.29) is 5.91 Å². The van der Waals surface area contributed by atoms with Crippen molar-refractivity contribution in [1.82, 2.24) is 5.32 Å². The van der Waals surface area contributed by atoms with E-state index in [0.29, 0.717) is 11.4 Å². The lowest BCUT2D eigenvalue weighted by atomic mass is 10.2. The zero-order valence-corrected chi connectivity index (χ0v) is 12.2. The van der Waals surface area contributed by atoms with E-state index < -0.39 is 0 Å². The van der Waals surface area contributed by atoms with Crippen molar-refractivity contribution in [3.05, 3.63) is 29.8 Å². The number of amides is 1. The van der Waals surface area contributed by atoms with Crippen LogP contribution in [0.1, 0.15) is 23.2 Å². The maximum absolute atomic E-state index is 12.0. The first-order valence-corrected chi connectivity index (χ1v) is 7.91. The van der Waals surface area contributed by atoms with Crippen LogP contribution < -0.4 is 5.32 Å². The minimum atomic E-state index is 0.0278. The van der Waals surface area contributed by atoms with Gasteiger partial charge in [0.05, 0.1) is 5.56 Å². The molecule has 4 heteroatoms. The molecule has 1 aliphatic rings. The Balaban J connectivity index is 1.94. The quantitative estimate of drug-likeness (QED) is 0.667. The molecule has 0 radical (unpaired) electrons. The molecule has 0 heterocycles. The van der Waals surface area contributed by atoms with Crippen LogP contribution >= 0.6 is 27.7 Å². The Morgan fingerprint density at radius 2 is 2.24 bits per heavy atom. The molecule has 1 aromatic rings. The summed E-state index contributed by atoms with van der Waals surface area (Å²) in [6.07, 6.45) is 4.56. The lowest BCUT2D eigenvalue weighted by Crippen LogP contribution is -2.30. The fourth-order valence-electron chi connectivity index (χ4n) is 1.74. The Kier molecular flexibility index (Phi) is 4.51. The van der Waals surface area contributed by atoms with Gasteiger partial charge in [-0.3, -0.25) is 4.79 Å². The summed E-state index contributed by atoms with van der Waals surface area (Å²) in [4.78, 5) is 13.5. The molecule has 2 rings (SSSR count). The summed E-state index contributed by atoms with van der Waals surface area (Å²) in [5.74, 6) is 0.783. The zero-order valence-electron chi connectivity index (χ0n) is 9.78. The fourth-order valence-corrected chi connectivity index (χ4v) is 3.03. The van der Waals surface area contributed by atoms with Crippen LogP contribution in [-0.2, 0) is 0 Å². The summed E-state index contributed by atoms with van der Waals surface area (Å²) < 4.78 is 0. The van der Waals surface area contributed by atoms with E-state index in [1.807, 2.05) is 30.5 Å². The van der Waals surface area contributed by atoms with Crippen molar-refractivity contribution in [2.45, 2.75) is 22.6 Å². The van der Waals surface area contributed by atoms with Gasteiger partial charge in [0.15, 0.2) is 0 Å². The number of hydrogen-bond donors (Lipinski definition) is 1. The van der Waals surface area contributed by atoms with Crippen LogP contribution in [-0.4, -0.2) is 23.5 Å². The first-order chi connectivity index (χ1) is 8.22. The van der Waals surface area contributed by atoms with Gasteiger partial charge in [-0.25, -0.2) is 0 Å². The Bertz CT molecular complexity index is 406. The van der Waals surface area contributed by atoms with Crippen LogP contribution in [0.2, 0.25) is 0 Å². The van der Waals surface area contributed by atoms with Crippen molar-refractivity contribution < 1.29 is 4.79 Å². The Morgan fingerprint density at radius 1 is 1.53 bits per heavy atom. The zero-order chi connectivity index (χ0) is 12.3. The Labute approximate surface area is 115 Å². The standard InChI is InChI=1S/C13H16BrNOS/c1-17-12-5-3-2-4-10(12)13(16)15-8-11(14)9-6-7-9/h2-5,9,11H,6-8H2,1H3,(H,15,16). The summed E-state index contributed by atoms with van der Waals surface area (Å²) in [6.45, 7) is 0.714. The number of carbonyl (C=O) groups excluding carboxylic acids is 1. The number of alkyl halides is 1. The van der Waals surface area contributed by atoms with Gasteiger partial charge >= 0.3 is 0 Å². The first kappa shape index (κ1) is 13.0. The second-order valence-corrected chi connectivity index (χ2v) is 6.29. The lowest BCUT2D eigenvalue weighted by Gasteiger charge is -2.11. The van der Waals surface area contributed by atoms with E-state index in [0.717, 1.165) is 16.4 Å². The van der Waals surface area contributed by atoms with E-state index in [9.17, 15) is 4.79 Å². The number of rotatable bonds is 5. The molecule has 0 spiro atoms. The molecule has 1 atom stereocenters. The highest BCUT2D eigenvalue weighted by molar-refractivity contribution is 9.09. The molecule has 1 fully saturated rings. The summed E-state index contributed by atoms with van der Waals surface area (Å²) in [6, 6.07) is 7.72. The van der Waals surface area contributed by atoms with Gasteiger partial charge in [-0.05, 0) is 37.1 Å². The van der Waals surface area contributed by atoms with Crippen LogP contribution in [0.5, 0.6) is 0 Å². The average Bonchev–Trinajstić information content (AvgIpc) is 3.19. The van der Waals surface area contributed by atoms with Crippen molar-refractivity contribution in [3.63, 3.8) is 0 Å². The number of nitrogens with one attached hydrogen (secondary N) is 1. The molecule has 0 aliphatic heterocycles. The predicted octanol–water partition coefficient (Wildman–Crippen LogP) is 3.31. The molecule has 2 nitrogen and oxygen atoms in total.